The molecule has 0 saturated carbocycles. The van der Waals surface area contributed by atoms with Gasteiger partial charge in [0.25, 0.3) is 0 Å². The first kappa shape index (κ1) is 19.5. The summed E-state index contributed by atoms with van der Waals surface area (Å²) >= 11 is 0. The second kappa shape index (κ2) is 9.13. The van der Waals surface area contributed by atoms with Crippen molar-refractivity contribution in [2.75, 3.05) is 26.2 Å². The molecule has 4 rings (SSSR count). The fourth-order valence-corrected chi connectivity index (χ4v) is 3.62. The van der Waals surface area contributed by atoms with Gasteiger partial charge in [0.2, 0.25) is 11.7 Å². The van der Waals surface area contributed by atoms with E-state index in [0.29, 0.717) is 29.6 Å². The predicted molar refractivity (Wildman–Crippen MR) is 105 cm³/mol. The zero-order valence-electron chi connectivity index (χ0n) is 16.1. The Morgan fingerprint density at radius 1 is 1.10 bits per heavy atom. The van der Waals surface area contributed by atoms with Gasteiger partial charge in [0, 0.05) is 18.7 Å². The van der Waals surface area contributed by atoms with E-state index in [4.69, 9.17) is 9.26 Å². The standard InChI is InChI=1S/C22H23F2N3O2/c23-18-7-9-20(10-8-18)28-13-3-12-27-11-2-5-17(15-27)22-25-21(26-29-22)16-4-1-6-19(24)14-16/h1,4,6-10,14,17H,2-3,5,11-13,15H2. The quantitative estimate of drug-likeness (QED) is 0.541. The molecule has 1 atom stereocenters. The van der Waals surface area contributed by atoms with E-state index in [-0.39, 0.29) is 17.6 Å². The second-order valence-electron chi connectivity index (χ2n) is 7.26. The van der Waals surface area contributed by atoms with Crippen LogP contribution in [0.15, 0.2) is 53.1 Å². The van der Waals surface area contributed by atoms with Crippen molar-refractivity contribution in [3.05, 3.63) is 66.1 Å². The van der Waals surface area contributed by atoms with Crippen LogP contribution >= 0.6 is 0 Å². The summed E-state index contributed by atoms with van der Waals surface area (Å²) in [5, 5.41) is 4.02. The molecule has 0 radical (unpaired) electrons. The van der Waals surface area contributed by atoms with Crippen LogP contribution in [-0.4, -0.2) is 41.3 Å². The van der Waals surface area contributed by atoms with Crippen LogP contribution in [-0.2, 0) is 0 Å². The molecule has 0 amide bonds. The monoisotopic (exact) mass is 399 g/mol. The van der Waals surface area contributed by atoms with E-state index in [2.05, 4.69) is 15.0 Å². The van der Waals surface area contributed by atoms with Gasteiger partial charge in [0.1, 0.15) is 17.4 Å². The molecule has 0 spiro atoms. The molecule has 1 fully saturated rings. The molecular formula is C22H23F2N3O2. The Labute approximate surface area is 168 Å². The number of likely N-dealkylation sites (tertiary alicyclic amines) is 1. The molecule has 2 aromatic carbocycles. The van der Waals surface area contributed by atoms with Crippen molar-refractivity contribution in [1.29, 1.82) is 0 Å². The third kappa shape index (κ3) is 5.17. The highest BCUT2D eigenvalue weighted by atomic mass is 19.1. The molecule has 29 heavy (non-hydrogen) atoms. The average Bonchev–Trinajstić information content (AvgIpc) is 3.23. The van der Waals surface area contributed by atoms with Crippen molar-refractivity contribution in [2.24, 2.45) is 0 Å². The zero-order chi connectivity index (χ0) is 20.1. The summed E-state index contributed by atoms with van der Waals surface area (Å²) in [5.41, 5.74) is 0.616. The minimum Gasteiger partial charge on any atom is -0.494 e. The SMILES string of the molecule is Fc1ccc(OCCCN2CCCC(c3nc(-c4cccc(F)c4)no3)C2)cc1. The molecule has 3 aromatic rings. The average molecular weight is 399 g/mol. The van der Waals surface area contributed by atoms with Crippen LogP contribution in [0, 0.1) is 11.6 Å². The Hall–Kier alpha value is -2.80. The second-order valence-corrected chi connectivity index (χ2v) is 7.26. The number of rotatable bonds is 7. The number of halogens is 2. The third-order valence-electron chi connectivity index (χ3n) is 5.08. The lowest BCUT2D eigenvalue weighted by molar-refractivity contribution is 0.173. The molecule has 1 saturated heterocycles. The molecule has 0 aliphatic carbocycles. The van der Waals surface area contributed by atoms with E-state index in [9.17, 15) is 8.78 Å². The lowest BCUT2D eigenvalue weighted by atomic mass is 9.98. The van der Waals surface area contributed by atoms with E-state index in [1.165, 1.54) is 24.3 Å². The van der Waals surface area contributed by atoms with Crippen molar-refractivity contribution in [2.45, 2.75) is 25.2 Å². The molecule has 5 nitrogen and oxygen atoms in total. The fraction of sp³-hybridized carbons (Fsp3) is 0.364. The van der Waals surface area contributed by atoms with E-state index in [1.807, 2.05) is 0 Å². The number of ether oxygens (including phenoxy) is 1. The summed E-state index contributed by atoms with van der Waals surface area (Å²) < 4.78 is 37.5. The molecule has 1 unspecified atom stereocenters. The number of nitrogens with zero attached hydrogens (tertiary/aromatic N) is 3. The van der Waals surface area contributed by atoms with Gasteiger partial charge in [-0.05, 0) is 62.2 Å². The van der Waals surface area contributed by atoms with Gasteiger partial charge in [0.15, 0.2) is 0 Å². The Morgan fingerprint density at radius 2 is 1.97 bits per heavy atom. The highest BCUT2D eigenvalue weighted by Gasteiger charge is 2.26. The number of piperidine rings is 1. The van der Waals surface area contributed by atoms with Gasteiger partial charge in [-0.2, -0.15) is 4.98 Å². The third-order valence-corrected chi connectivity index (χ3v) is 5.08. The van der Waals surface area contributed by atoms with Gasteiger partial charge in [-0.1, -0.05) is 17.3 Å². The van der Waals surface area contributed by atoms with E-state index < -0.39 is 0 Å². The summed E-state index contributed by atoms with van der Waals surface area (Å²) in [6.07, 6.45) is 2.93. The number of hydrogen-bond donors (Lipinski definition) is 0. The minimum absolute atomic E-state index is 0.177. The number of hydrogen-bond acceptors (Lipinski definition) is 5. The largest absolute Gasteiger partial charge is 0.494 e. The topological polar surface area (TPSA) is 51.4 Å². The van der Waals surface area contributed by atoms with Gasteiger partial charge in [-0.25, -0.2) is 8.78 Å². The molecular weight excluding hydrogens is 376 g/mol. The molecule has 0 N–H and O–H groups in total. The zero-order valence-corrected chi connectivity index (χ0v) is 16.1. The van der Waals surface area contributed by atoms with Crippen LogP contribution in [0.3, 0.4) is 0 Å². The molecule has 0 bridgehead atoms. The number of benzene rings is 2. The first-order valence-electron chi connectivity index (χ1n) is 9.87. The van der Waals surface area contributed by atoms with Crippen LogP contribution in [0.5, 0.6) is 5.75 Å². The van der Waals surface area contributed by atoms with Crippen LogP contribution < -0.4 is 4.74 Å². The van der Waals surface area contributed by atoms with Crippen LogP contribution in [0.2, 0.25) is 0 Å². The van der Waals surface area contributed by atoms with Gasteiger partial charge >= 0.3 is 0 Å². The van der Waals surface area contributed by atoms with Crippen LogP contribution in [0.4, 0.5) is 8.78 Å². The lowest BCUT2D eigenvalue weighted by Crippen LogP contribution is -2.35. The van der Waals surface area contributed by atoms with E-state index in [1.54, 1.807) is 24.3 Å². The predicted octanol–water partition coefficient (Wildman–Crippen LogP) is 4.66. The smallest absolute Gasteiger partial charge is 0.231 e. The number of aromatic nitrogens is 2. The highest BCUT2D eigenvalue weighted by molar-refractivity contribution is 5.53. The van der Waals surface area contributed by atoms with E-state index in [0.717, 1.165) is 38.9 Å². The van der Waals surface area contributed by atoms with Crippen molar-refractivity contribution < 1.29 is 18.0 Å². The Morgan fingerprint density at radius 3 is 2.79 bits per heavy atom. The normalized spacial score (nSPS) is 17.4. The first-order valence-corrected chi connectivity index (χ1v) is 9.87. The van der Waals surface area contributed by atoms with Gasteiger partial charge in [0.05, 0.1) is 12.5 Å². The maximum absolute atomic E-state index is 13.4. The van der Waals surface area contributed by atoms with Gasteiger partial charge < -0.3 is 14.2 Å². The summed E-state index contributed by atoms with van der Waals surface area (Å²) in [7, 11) is 0. The summed E-state index contributed by atoms with van der Waals surface area (Å²) in [6, 6.07) is 12.3. The van der Waals surface area contributed by atoms with E-state index >= 15 is 0 Å². The maximum atomic E-state index is 13.4. The lowest BCUT2D eigenvalue weighted by Gasteiger charge is -2.30. The molecule has 1 aliphatic rings. The first-order chi connectivity index (χ1) is 14.2. The fourth-order valence-electron chi connectivity index (χ4n) is 3.62. The maximum Gasteiger partial charge on any atom is 0.231 e. The molecule has 1 aromatic heterocycles. The summed E-state index contributed by atoms with van der Waals surface area (Å²) in [4.78, 5) is 6.87. The molecule has 2 heterocycles. The minimum atomic E-state index is -0.319. The van der Waals surface area contributed by atoms with Crippen molar-refractivity contribution in [3.8, 4) is 17.1 Å². The van der Waals surface area contributed by atoms with Gasteiger partial charge in [-0.3, -0.25) is 0 Å². The van der Waals surface area contributed by atoms with Gasteiger partial charge in [-0.15, -0.1) is 0 Å². The Kier molecular flexibility index (Phi) is 6.14. The Balaban J connectivity index is 1.28. The molecule has 152 valence electrons. The van der Waals surface area contributed by atoms with Crippen molar-refractivity contribution in [3.63, 3.8) is 0 Å². The summed E-state index contributed by atoms with van der Waals surface area (Å²) in [5.74, 6) is 1.30. The van der Waals surface area contributed by atoms with Crippen LogP contribution in [0.25, 0.3) is 11.4 Å². The van der Waals surface area contributed by atoms with Crippen molar-refractivity contribution in [1.82, 2.24) is 15.0 Å². The Bertz CT molecular complexity index is 930. The highest BCUT2D eigenvalue weighted by Crippen LogP contribution is 2.27. The molecule has 1 aliphatic heterocycles. The van der Waals surface area contributed by atoms with Crippen LogP contribution in [0.1, 0.15) is 31.1 Å². The summed E-state index contributed by atoms with van der Waals surface area (Å²) in [6.45, 7) is 3.36. The molecule has 7 heteroatoms. The van der Waals surface area contributed by atoms with Crippen molar-refractivity contribution >= 4 is 0 Å².